The molecule has 0 spiro atoms. The molecule has 0 saturated heterocycles. The number of thioether (sulfide) groups is 1. The van der Waals surface area contributed by atoms with E-state index in [1.165, 1.54) is 6.92 Å². The molecule has 0 radical (unpaired) electrons. The highest BCUT2D eigenvalue weighted by Crippen LogP contribution is 2.36. The summed E-state index contributed by atoms with van der Waals surface area (Å²) in [6.45, 7) is 4.42. The zero-order valence-corrected chi connectivity index (χ0v) is 13.2. The molecule has 0 atom stereocenters. The fourth-order valence-electron chi connectivity index (χ4n) is 2.01. The average molecular weight is 314 g/mol. The molecule has 1 aliphatic heterocycles. The van der Waals surface area contributed by atoms with Crippen molar-refractivity contribution in [3.05, 3.63) is 18.2 Å². The fraction of sp³-hybridized carbons (Fsp3) is 0.462. The van der Waals surface area contributed by atoms with Crippen molar-refractivity contribution in [1.82, 2.24) is 4.72 Å². The van der Waals surface area contributed by atoms with E-state index in [2.05, 4.69) is 4.72 Å². The third kappa shape index (κ3) is 3.16. The number of sulfonamides is 1. The second-order valence-corrected chi connectivity index (χ2v) is 7.45. The molecule has 0 saturated carbocycles. The highest BCUT2D eigenvalue weighted by molar-refractivity contribution is 7.99. The summed E-state index contributed by atoms with van der Waals surface area (Å²) in [6.07, 6.45) is 0.736. The Morgan fingerprint density at radius 1 is 1.45 bits per heavy atom. The number of carbonyl (C=O) groups is 1. The molecule has 1 heterocycles. The maximum Gasteiger partial charge on any atom is 0.240 e. The Labute approximate surface area is 123 Å². The Bertz CT molecular complexity index is 614. The molecule has 0 unspecified atom stereocenters. The van der Waals surface area contributed by atoms with Gasteiger partial charge in [0.25, 0.3) is 0 Å². The molecule has 1 N–H and O–H groups in total. The number of hydrogen-bond acceptors (Lipinski definition) is 4. The zero-order chi connectivity index (χ0) is 14.8. The topological polar surface area (TPSA) is 66.5 Å². The van der Waals surface area contributed by atoms with Crippen LogP contribution in [0.3, 0.4) is 0 Å². The Balaban J connectivity index is 2.39. The molecule has 1 aliphatic rings. The van der Waals surface area contributed by atoms with Gasteiger partial charge in [-0.25, -0.2) is 13.1 Å². The lowest BCUT2D eigenvalue weighted by Gasteiger charge is -2.28. The predicted octanol–water partition coefficient (Wildman–Crippen LogP) is 1.83. The van der Waals surface area contributed by atoms with Crippen molar-refractivity contribution in [2.24, 2.45) is 0 Å². The molecule has 110 valence electrons. The lowest BCUT2D eigenvalue weighted by Crippen LogP contribution is -2.34. The monoisotopic (exact) mass is 314 g/mol. The minimum absolute atomic E-state index is 0.0670. The summed E-state index contributed by atoms with van der Waals surface area (Å²) in [5.41, 5.74) is 0.688. The molecular weight excluding hydrogens is 296 g/mol. The van der Waals surface area contributed by atoms with E-state index in [1.807, 2.05) is 6.92 Å². The molecule has 0 aliphatic carbocycles. The number of nitrogens with zero attached hydrogens (tertiary/aromatic N) is 1. The van der Waals surface area contributed by atoms with E-state index in [4.69, 9.17) is 0 Å². The van der Waals surface area contributed by atoms with Gasteiger partial charge < -0.3 is 4.90 Å². The first-order chi connectivity index (χ1) is 9.45. The summed E-state index contributed by atoms with van der Waals surface area (Å²) in [5.74, 6) is 0.759. The van der Waals surface area contributed by atoms with Crippen molar-refractivity contribution < 1.29 is 13.2 Å². The van der Waals surface area contributed by atoms with Crippen LogP contribution in [0.25, 0.3) is 0 Å². The standard InChI is InChI=1S/C13H18N2O3S2/c1-3-6-14-20(17,18)11-4-5-13-12(9-11)15(10(2)16)7-8-19-13/h4-5,9,14H,3,6-8H2,1-2H3. The first kappa shape index (κ1) is 15.3. The van der Waals surface area contributed by atoms with Crippen molar-refractivity contribution in [3.63, 3.8) is 0 Å². The van der Waals surface area contributed by atoms with Crippen molar-refractivity contribution in [1.29, 1.82) is 0 Å². The number of rotatable bonds is 4. The number of benzene rings is 1. The Morgan fingerprint density at radius 2 is 2.20 bits per heavy atom. The van der Waals surface area contributed by atoms with Gasteiger partial charge in [0, 0.05) is 30.7 Å². The van der Waals surface area contributed by atoms with E-state index in [-0.39, 0.29) is 10.8 Å². The summed E-state index contributed by atoms with van der Waals surface area (Å²) >= 11 is 1.64. The lowest BCUT2D eigenvalue weighted by atomic mass is 10.2. The highest BCUT2D eigenvalue weighted by Gasteiger charge is 2.23. The normalized spacial score (nSPS) is 15.0. The molecule has 7 heteroatoms. The van der Waals surface area contributed by atoms with Crippen LogP contribution in [0.5, 0.6) is 0 Å². The van der Waals surface area contributed by atoms with Gasteiger partial charge in [0.05, 0.1) is 10.6 Å². The quantitative estimate of drug-likeness (QED) is 0.921. The van der Waals surface area contributed by atoms with Crippen molar-refractivity contribution in [2.75, 3.05) is 23.7 Å². The molecule has 1 aromatic rings. The van der Waals surface area contributed by atoms with Gasteiger partial charge in [-0.3, -0.25) is 4.79 Å². The molecule has 0 bridgehead atoms. The van der Waals surface area contributed by atoms with Crippen molar-refractivity contribution >= 4 is 33.4 Å². The van der Waals surface area contributed by atoms with Crippen LogP contribution in [-0.2, 0) is 14.8 Å². The Morgan fingerprint density at radius 3 is 2.85 bits per heavy atom. The zero-order valence-electron chi connectivity index (χ0n) is 11.5. The maximum atomic E-state index is 12.1. The van der Waals surface area contributed by atoms with Crippen LogP contribution in [-0.4, -0.2) is 33.2 Å². The minimum Gasteiger partial charge on any atom is -0.311 e. The Hall–Kier alpha value is -1.05. The second-order valence-electron chi connectivity index (χ2n) is 4.55. The van der Waals surface area contributed by atoms with E-state index < -0.39 is 10.0 Å². The van der Waals surface area contributed by atoms with Crippen LogP contribution >= 0.6 is 11.8 Å². The van der Waals surface area contributed by atoms with E-state index >= 15 is 0 Å². The molecule has 20 heavy (non-hydrogen) atoms. The first-order valence-electron chi connectivity index (χ1n) is 6.50. The number of carbonyl (C=O) groups excluding carboxylic acids is 1. The van der Waals surface area contributed by atoms with Gasteiger partial charge in [-0.1, -0.05) is 6.92 Å². The van der Waals surface area contributed by atoms with Crippen LogP contribution in [0, 0.1) is 0 Å². The summed E-state index contributed by atoms with van der Waals surface area (Å²) < 4.78 is 26.8. The van der Waals surface area contributed by atoms with Gasteiger partial charge in [-0.15, -0.1) is 11.8 Å². The Kier molecular flexibility index (Phi) is 4.72. The number of anilines is 1. The average Bonchev–Trinajstić information content (AvgIpc) is 2.43. The summed E-state index contributed by atoms with van der Waals surface area (Å²) in [7, 11) is -3.50. The number of nitrogens with one attached hydrogen (secondary N) is 1. The molecule has 0 aromatic heterocycles. The molecule has 0 fully saturated rings. The molecule has 1 aromatic carbocycles. The first-order valence-corrected chi connectivity index (χ1v) is 8.97. The van der Waals surface area contributed by atoms with Crippen LogP contribution in [0.1, 0.15) is 20.3 Å². The third-order valence-corrected chi connectivity index (χ3v) is 5.53. The molecular formula is C13H18N2O3S2. The van der Waals surface area contributed by atoms with E-state index in [1.54, 1.807) is 34.9 Å². The summed E-state index contributed by atoms with van der Waals surface area (Å²) in [6, 6.07) is 4.95. The number of fused-ring (bicyclic) bond motifs is 1. The second kappa shape index (κ2) is 6.15. The molecule has 5 nitrogen and oxygen atoms in total. The van der Waals surface area contributed by atoms with Gasteiger partial charge in [0.1, 0.15) is 0 Å². The van der Waals surface area contributed by atoms with Crippen molar-refractivity contribution in [3.8, 4) is 0 Å². The van der Waals surface area contributed by atoms with Crippen LogP contribution in [0.2, 0.25) is 0 Å². The van der Waals surface area contributed by atoms with Gasteiger partial charge in [-0.2, -0.15) is 0 Å². The van der Waals surface area contributed by atoms with Crippen LogP contribution in [0.15, 0.2) is 28.0 Å². The lowest BCUT2D eigenvalue weighted by molar-refractivity contribution is -0.116. The van der Waals surface area contributed by atoms with Gasteiger partial charge >= 0.3 is 0 Å². The van der Waals surface area contributed by atoms with E-state index in [9.17, 15) is 13.2 Å². The maximum absolute atomic E-state index is 12.1. The minimum atomic E-state index is -3.50. The third-order valence-electron chi connectivity index (χ3n) is 3.03. The fourth-order valence-corrected chi connectivity index (χ4v) is 4.14. The van der Waals surface area contributed by atoms with Crippen LogP contribution < -0.4 is 9.62 Å². The SMILES string of the molecule is CCCNS(=O)(=O)c1ccc2c(c1)N(C(C)=O)CCS2. The summed E-state index contributed by atoms with van der Waals surface area (Å²) in [4.78, 5) is 14.4. The van der Waals surface area contributed by atoms with Gasteiger partial charge in [0.15, 0.2) is 0 Å². The largest absolute Gasteiger partial charge is 0.311 e. The number of hydrogen-bond donors (Lipinski definition) is 1. The molecule has 1 amide bonds. The number of amides is 1. The van der Waals surface area contributed by atoms with E-state index in [0.29, 0.717) is 18.8 Å². The predicted molar refractivity (Wildman–Crippen MR) is 80.7 cm³/mol. The van der Waals surface area contributed by atoms with Gasteiger partial charge in [0.2, 0.25) is 15.9 Å². The molecule has 2 rings (SSSR count). The van der Waals surface area contributed by atoms with Crippen molar-refractivity contribution in [2.45, 2.75) is 30.1 Å². The summed E-state index contributed by atoms with van der Waals surface area (Å²) in [5, 5.41) is 0. The van der Waals surface area contributed by atoms with Gasteiger partial charge in [-0.05, 0) is 24.6 Å². The highest BCUT2D eigenvalue weighted by atomic mass is 32.2. The smallest absolute Gasteiger partial charge is 0.240 e. The van der Waals surface area contributed by atoms with E-state index in [0.717, 1.165) is 17.1 Å². The van der Waals surface area contributed by atoms with Crippen LogP contribution in [0.4, 0.5) is 5.69 Å².